The highest BCUT2D eigenvalue weighted by molar-refractivity contribution is 5.69. The number of carbonyl (C=O) groups is 1. The van der Waals surface area contributed by atoms with Gasteiger partial charge >= 0.3 is 6.09 Å². The SMILES string of the molecule is CN1CC2(CCCN2C(=O)OCc2ccccc2)C1. The topological polar surface area (TPSA) is 32.8 Å². The van der Waals surface area contributed by atoms with Gasteiger partial charge in [-0.25, -0.2) is 4.79 Å². The van der Waals surface area contributed by atoms with E-state index >= 15 is 0 Å². The first-order chi connectivity index (χ1) is 9.20. The molecule has 2 heterocycles. The predicted octanol–water partition coefficient (Wildman–Crippen LogP) is 2.10. The molecule has 2 aliphatic rings. The van der Waals surface area contributed by atoms with Crippen molar-refractivity contribution < 1.29 is 9.53 Å². The van der Waals surface area contributed by atoms with E-state index in [0.717, 1.165) is 38.0 Å². The summed E-state index contributed by atoms with van der Waals surface area (Å²) in [6.07, 6.45) is 2.04. The molecule has 0 atom stereocenters. The highest BCUT2D eigenvalue weighted by atomic mass is 16.6. The van der Waals surface area contributed by atoms with Crippen LogP contribution in [-0.2, 0) is 11.3 Å². The molecular weight excluding hydrogens is 240 g/mol. The molecule has 4 nitrogen and oxygen atoms in total. The van der Waals surface area contributed by atoms with Crippen LogP contribution in [0.5, 0.6) is 0 Å². The van der Waals surface area contributed by atoms with Gasteiger partial charge in [-0.2, -0.15) is 0 Å². The minimum atomic E-state index is -0.158. The first-order valence-electron chi connectivity index (χ1n) is 6.86. The Kier molecular flexibility index (Phi) is 3.19. The van der Waals surface area contributed by atoms with Gasteiger partial charge in [0.1, 0.15) is 6.61 Å². The highest BCUT2D eigenvalue weighted by Gasteiger charge is 2.51. The van der Waals surface area contributed by atoms with E-state index in [2.05, 4.69) is 11.9 Å². The number of nitrogens with zero attached hydrogens (tertiary/aromatic N) is 2. The zero-order valence-electron chi connectivity index (χ0n) is 11.3. The summed E-state index contributed by atoms with van der Waals surface area (Å²) in [6, 6.07) is 9.84. The van der Waals surface area contributed by atoms with E-state index in [4.69, 9.17) is 4.74 Å². The van der Waals surface area contributed by atoms with Gasteiger partial charge in [-0.3, -0.25) is 4.90 Å². The summed E-state index contributed by atoms with van der Waals surface area (Å²) in [5.41, 5.74) is 1.09. The summed E-state index contributed by atoms with van der Waals surface area (Å²) >= 11 is 0. The van der Waals surface area contributed by atoms with Gasteiger partial charge in [-0.05, 0) is 25.5 Å². The third-order valence-corrected chi connectivity index (χ3v) is 4.15. The predicted molar refractivity (Wildman–Crippen MR) is 72.8 cm³/mol. The maximum Gasteiger partial charge on any atom is 0.410 e. The molecule has 2 fully saturated rings. The molecule has 0 aliphatic carbocycles. The minimum absolute atomic E-state index is 0.0581. The summed E-state index contributed by atoms with van der Waals surface area (Å²) in [5.74, 6) is 0. The van der Waals surface area contributed by atoms with E-state index in [0.29, 0.717) is 6.61 Å². The normalized spacial score (nSPS) is 21.4. The first-order valence-corrected chi connectivity index (χ1v) is 6.86. The molecule has 2 aliphatic heterocycles. The van der Waals surface area contributed by atoms with E-state index in [1.54, 1.807) is 0 Å². The smallest absolute Gasteiger partial charge is 0.410 e. The quantitative estimate of drug-likeness (QED) is 0.816. The van der Waals surface area contributed by atoms with Gasteiger partial charge in [0.2, 0.25) is 0 Å². The molecule has 0 radical (unpaired) electrons. The molecule has 0 bridgehead atoms. The molecule has 19 heavy (non-hydrogen) atoms. The zero-order chi connectivity index (χ0) is 13.3. The van der Waals surface area contributed by atoms with Gasteiger partial charge in [-0.1, -0.05) is 30.3 Å². The lowest BCUT2D eigenvalue weighted by Gasteiger charge is -2.50. The fourth-order valence-electron chi connectivity index (χ4n) is 3.31. The molecule has 3 rings (SSSR count). The zero-order valence-corrected chi connectivity index (χ0v) is 11.3. The first kappa shape index (κ1) is 12.5. The molecule has 0 N–H and O–H groups in total. The average molecular weight is 260 g/mol. The Morgan fingerprint density at radius 3 is 2.74 bits per heavy atom. The monoisotopic (exact) mass is 260 g/mol. The molecule has 0 unspecified atom stereocenters. The van der Waals surface area contributed by atoms with E-state index < -0.39 is 0 Å². The second-order valence-corrected chi connectivity index (χ2v) is 5.69. The van der Waals surface area contributed by atoms with Crippen LogP contribution in [0.15, 0.2) is 30.3 Å². The summed E-state index contributed by atoms with van der Waals surface area (Å²) in [5, 5.41) is 0. The number of hydrogen-bond acceptors (Lipinski definition) is 3. The Balaban J connectivity index is 1.58. The van der Waals surface area contributed by atoms with Crippen molar-refractivity contribution in [1.29, 1.82) is 0 Å². The maximum atomic E-state index is 12.2. The standard InChI is InChI=1S/C15H20N2O2/c1-16-11-15(12-16)8-5-9-17(15)14(18)19-10-13-6-3-2-4-7-13/h2-4,6-7H,5,8-12H2,1H3. The van der Waals surface area contributed by atoms with Crippen molar-refractivity contribution in [3.63, 3.8) is 0 Å². The van der Waals surface area contributed by atoms with Crippen LogP contribution in [0.2, 0.25) is 0 Å². The number of hydrogen-bond donors (Lipinski definition) is 0. The van der Waals surface area contributed by atoms with Crippen LogP contribution in [0, 0.1) is 0 Å². The lowest BCUT2D eigenvalue weighted by atomic mass is 9.88. The molecule has 1 aromatic rings. The maximum absolute atomic E-state index is 12.2. The van der Waals surface area contributed by atoms with Gasteiger partial charge in [0.25, 0.3) is 0 Å². The Bertz CT molecular complexity index is 454. The largest absolute Gasteiger partial charge is 0.445 e. The average Bonchev–Trinajstić information content (AvgIpc) is 2.81. The number of likely N-dealkylation sites (N-methyl/N-ethyl adjacent to an activating group) is 1. The number of rotatable bonds is 2. The molecule has 4 heteroatoms. The third kappa shape index (κ3) is 2.32. The second kappa shape index (κ2) is 4.85. The van der Waals surface area contributed by atoms with Crippen molar-refractivity contribution in [2.45, 2.75) is 25.0 Å². The van der Waals surface area contributed by atoms with Crippen molar-refractivity contribution >= 4 is 6.09 Å². The third-order valence-electron chi connectivity index (χ3n) is 4.15. The Morgan fingerprint density at radius 1 is 1.32 bits per heavy atom. The number of amides is 1. The molecule has 1 aromatic carbocycles. The summed E-state index contributed by atoms with van der Waals surface area (Å²) in [4.78, 5) is 16.4. The van der Waals surface area contributed by atoms with Crippen molar-refractivity contribution in [1.82, 2.24) is 9.80 Å². The van der Waals surface area contributed by atoms with E-state index in [-0.39, 0.29) is 11.6 Å². The molecule has 1 spiro atoms. The van der Waals surface area contributed by atoms with Crippen LogP contribution in [0.1, 0.15) is 18.4 Å². The Hall–Kier alpha value is -1.55. The van der Waals surface area contributed by atoms with E-state index in [1.165, 1.54) is 0 Å². The lowest BCUT2D eigenvalue weighted by molar-refractivity contribution is -0.0155. The van der Waals surface area contributed by atoms with Gasteiger partial charge in [0.05, 0.1) is 5.54 Å². The van der Waals surface area contributed by atoms with Crippen molar-refractivity contribution in [2.75, 3.05) is 26.7 Å². The molecule has 1 amide bonds. The molecule has 102 valence electrons. The van der Waals surface area contributed by atoms with Crippen LogP contribution in [-0.4, -0.2) is 48.1 Å². The van der Waals surface area contributed by atoms with Crippen molar-refractivity contribution in [2.24, 2.45) is 0 Å². The molecule has 0 saturated carbocycles. The fraction of sp³-hybridized carbons (Fsp3) is 0.533. The van der Waals surface area contributed by atoms with Gasteiger partial charge in [0.15, 0.2) is 0 Å². The molecular formula is C15H20N2O2. The van der Waals surface area contributed by atoms with Crippen LogP contribution < -0.4 is 0 Å². The van der Waals surface area contributed by atoms with Gasteiger partial charge < -0.3 is 9.64 Å². The van der Waals surface area contributed by atoms with Crippen molar-refractivity contribution in [3.8, 4) is 0 Å². The van der Waals surface area contributed by atoms with Crippen LogP contribution in [0.3, 0.4) is 0 Å². The van der Waals surface area contributed by atoms with Crippen LogP contribution >= 0.6 is 0 Å². The minimum Gasteiger partial charge on any atom is -0.445 e. The Labute approximate surface area is 113 Å². The second-order valence-electron chi connectivity index (χ2n) is 5.69. The number of carbonyl (C=O) groups excluding carboxylic acids is 1. The summed E-state index contributed by atoms with van der Waals surface area (Å²) < 4.78 is 5.45. The molecule has 2 saturated heterocycles. The van der Waals surface area contributed by atoms with Gasteiger partial charge in [0, 0.05) is 19.6 Å². The number of likely N-dealkylation sites (tertiary alicyclic amines) is 2. The fourth-order valence-corrected chi connectivity index (χ4v) is 3.31. The summed E-state index contributed by atoms with van der Waals surface area (Å²) in [7, 11) is 2.09. The number of benzene rings is 1. The van der Waals surface area contributed by atoms with E-state index in [1.807, 2.05) is 35.2 Å². The van der Waals surface area contributed by atoms with Crippen LogP contribution in [0.4, 0.5) is 4.79 Å². The highest BCUT2D eigenvalue weighted by Crippen LogP contribution is 2.37. The number of ether oxygens (including phenoxy) is 1. The van der Waals surface area contributed by atoms with Crippen molar-refractivity contribution in [3.05, 3.63) is 35.9 Å². The van der Waals surface area contributed by atoms with E-state index in [9.17, 15) is 4.79 Å². The Morgan fingerprint density at radius 2 is 2.05 bits per heavy atom. The summed E-state index contributed by atoms with van der Waals surface area (Å²) in [6.45, 7) is 3.16. The van der Waals surface area contributed by atoms with Gasteiger partial charge in [-0.15, -0.1) is 0 Å². The molecule has 0 aromatic heterocycles. The lowest BCUT2D eigenvalue weighted by Crippen LogP contribution is -2.67. The van der Waals surface area contributed by atoms with Crippen LogP contribution in [0.25, 0.3) is 0 Å².